The van der Waals surface area contributed by atoms with Crippen molar-refractivity contribution in [2.75, 3.05) is 0 Å². The highest BCUT2D eigenvalue weighted by Gasteiger charge is 2.36. The van der Waals surface area contributed by atoms with Gasteiger partial charge in [0.1, 0.15) is 12.1 Å². The molecule has 1 fully saturated rings. The molecule has 0 amide bonds. The zero-order chi connectivity index (χ0) is 7.02. The molecule has 2 N–H and O–H groups in total. The van der Waals surface area contributed by atoms with Crippen LogP contribution < -0.4 is 5.73 Å². The van der Waals surface area contributed by atoms with Gasteiger partial charge in [0.25, 0.3) is 0 Å². The summed E-state index contributed by atoms with van der Waals surface area (Å²) in [6.45, 7) is 3.77. The Hall–Kier alpha value is -0.570. The lowest BCUT2D eigenvalue weighted by Gasteiger charge is -2.06. The summed E-state index contributed by atoms with van der Waals surface area (Å²) in [5, 5.41) is 0. The average molecular weight is 129 g/mol. The lowest BCUT2D eigenvalue weighted by Crippen LogP contribution is -2.31. The van der Waals surface area contributed by atoms with E-state index in [9.17, 15) is 4.79 Å². The van der Waals surface area contributed by atoms with Gasteiger partial charge in [0.05, 0.1) is 0 Å². The summed E-state index contributed by atoms with van der Waals surface area (Å²) in [5.74, 6) is -0.104. The Balaban J connectivity index is 2.65. The Labute approximate surface area is 54.2 Å². The molecule has 1 aliphatic heterocycles. The topological polar surface area (TPSA) is 52.3 Å². The van der Waals surface area contributed by atoms with Crippen LogP contribution in [-0.4, -0.2) is 18.1 Å². The first kappa shape index (κ1) is 6.55. The predicted octanol–water partition coefficient (Wildman–Crippen LogP) is -0.105. The normalized spacial score (nSPS) is 43.0. The van der Waals surface area contributed by atoms with Crippen molar-refractivity contribution in [2.45, 2.75) is 26.0 Å². The summed E-state index contributed by atoms with van der Waals surface area (Å²) in [5.41, 5.74) is 5.44. The first-order valence-electron chi connectivity index (χ1n) is 3.09. The zero-order valence-electron chi connectivity index (χ0n) is 5.63. The lowest BCUT2D eigenvalue weighted by atomic mass is 10.0. The molecule has 0 bridgehead atoms. The fourth-order valence-electron chi connectivity index (χ4n) is 0.876. The molecule has 1 rings (SSSR count). The van der Waals surface area contributed by atoms with Gasteiger partial charge in [-0.3, -0.25) is 4.79 Å². The van der Waals surface area contributed by atoms with Crippen LogP contribution in [0.4, 0.5) is 0 Å². The molecule has 0 unspecified atom stereocenters. The Morgan fingerprint density at radius 3 is 2.22 bits per heavy atom. The van der Waals surface area contributed by atoms with E-state index >= 15 is 0 Å². The highest BCUT2D eigenvalue weighted by Crippen LogP contribution is 2.19. The van der Waals surface area contributed by atoms with E-state index < -0.39 is 6.04 Å². The van der Waals surface area contributed by atoms with Crippen molar-refractivity contribution in [3.63, 3.8) is 0 Å². The smallest absolute Gasteiger partial charge is 0.323 e. The molecule has 1 heterocycles. The molecule has 1 saturated heterocycles. The molecule has 0 aliphatic carbocycles. The number of hydrogen-bond acceptors (Lipinski definition) is 3. The minimum Gasteiger partial charge on any atom is -0.461 e. The number of ether oxygens (including phenoxy) is 1. The van der Waals surface area contributed by atoms with Gasteiger partial charge in [-0.25, -0.2) is 0 Å². The van der Waals surface area contributed by atoms with Gasteiger partial charge >= 0.3 is 5.97 Å². The number of carbonyl (C=O) groups excluding carboxylic acids is 1. The van der Waals surface area contributed by atoms with Gasteiger partial charge in [-0.15, -0.1) is 0 Å². The maximum Gasteiger partial charge on any atom is 0.323 e. The van der Waals surface area contributed by atoms with E-state index in [1.165, 1.54) is 0 Å². The Morgan fingerprint density at radius 2 is 2.11 bits per heavy atom. The van der Waals surface area contributed by atoms with Crippen molar-refractivity contribution in [2.24, 2.45) is 11.7 Å². The molecule has 1 aliphatic rings. The fourth-order valence-corrected chi connectivity index (χ4v) is 0.876. The second-order valence-electron chi connectivity index (χ2n) is 2.53. The molecule has 9 heavy (non-hydrogen) atoms. The van der Waals surface area contributed by atoms with Crippen molar-refractivity contribution in [1.82, 2.24) is 0 Å². The number of nitrogens with two attached hydrogens (primary N) is 1. The van der Waals surface area contributed by atoms with Crippen molar-refractivity contribution >= 4 is 5.97 Å². The van der Waals surface area contributed by atoms with Gasteiger partial charge in [0.15, 0.2) is 0 Å². The summed E-state index contributed by atoms with van der Waals surface area (Å²) in [4.78, 5) is 10.6. The molecule has 0 saturated carbocycles. The van der Waals surface area contributed by atoms with Crippen LogP contribution in [0.3, 0.4) is 0 Å². The van der Waals surface area contributed by atoms with Gasteiger partial charge in [0, 0.05) is 5.92 Å². The number of rotatable bonds is 0. The number of esters is 1. The highest BCUT2D eigenvalue weighted by molar-refractivity contribution is 5.78. The van der Waals surface area contributed by atoms with Crippen LogP contribution in [0.1, 0.15) is 13.8 Å². The molecule has 0 spiro atoms. The van der Waals surface area contributed by atoms with Gasteiger partial charge < -0.3 is 10.5 Å². The van der Waals surface area contributed by atoms with Gasteiger partial charge in [-0.2, -0.15) is 0 Å². The van der Waals surface area contributed by atoms with Crippen LogP contribution in [0.15, 0.2) is 0 Å². The highest BCUT2D eigenvalue weighted by atomic mass is 16.6. The molecule has 0 radical (unpaired) electrons. The molecular weight excluding hydrogens is 118 g/mol. The molecule has 52 valence electrons. The van der Waals surface area contributed by atoms with E-state index in [2.05, 4.69) is 0 Å². The van der Waals surface area contributed by atoms with E-state index in [1.54, 1.807) is 0 Å². The first-order chi connectivity index (χ1) is 4.13. The molecule has 0 aromatic carbocycles. The van der Waals surface area contributed by atoms with Crippen LogP contribution >= 0.6 is 0 Å². The monoisotopic (exact) mass is 129 g/mol. The third kappa shape index (κ3) is 0.920. The van der Waals surface area contributed by atoms with Crippen LogP contribution in [0.5, 0.6) is 0 Å². The van der Waals surface area contributed by atoms with Crippen molar-refractivity contribution in [3.05, 3.63) is 0 Å². The van der Waals surface area contributed by atoms with E-state index in [0.29, 0.717) is 0 Å². The van der Waals surface area contributed by atoms with E-state index in [0.717, 1.165) is 0 Å². The largest absolute Gasteiger partial charge is 0.461 e. The molecule has 0 aromatic heterocycles. The van der Waals surface area contributed by atoms with Crippen LogP contribution in [0, 0.1) is 5.92 Å². The van der Waals surface area contributed by atoms with E-state index in [-0.39, 0.29) is 18.0 Å². The maximum atomic E-state index is 10.6. The van der Waals surface area contributed by atoms with Crippen LogP contribution in [0.2, 0.25) is 0 Å². The first-order valence-corrected chi connectivity index (χ1v) is 3.09. The molecule has 3 atom stereocenters. The van der Waals surface area contributed by atoms with Gasteiger partial charge in [0.2, 0.25) is 0 Å². The SMILES string of the molecule is C[C@H]1[C@@H](C)OC(=O)[C@@H]1N. The van der Waals surface area contributed by atoms with Crippen molar-refractivity contribution in [3.8, 4) is 0 Å². The second-order valence-corrected chi connectivity index (χ2v) is 2.53. The average Bonchev–Trinajstić information content (AvgIpc) is 1.98. The summed E-state index contributed by atoms with van der Waals surface area (Å²) >= 11 is 0. The Kier molecular flexibility index (Phi) is 1.45. The Bertz CT molecular complexity index is 135. The second kappa shape index (κ2) is 1.99. The van der Waals surface area contributed by atoms with Gasteiger partial charge in [-0.1, -0.05) is 6.92 Å². The quantitative estimate of drug-likeness (QED) is 0.464. The standard InChI is InChI=1S/C6H11NO2/c1-3-4(2)9-6(8)5(3)7/h3-5H,7H2,1-2H3/t3-,4+,5+/m0/s1. The summed E-state index contributed by atoms with van der Waals surface area (Å²) in [7, 11) is 0. The summed E-state index contributed by atoms with van der Waals surface area (Å²) in [6, 6.07) is -0.403. The summed E-state index contributed by atoms with van der Waals surface area (Å²) in [6.07, 6.45) is -0.00694. The number of hydrogen-bond donors (Lipinski definition) is 1. The minimum atomic E-state index is -0.403. The fraction of sp³-hybridized carbons (Fsp3) is 0.833. The predicted molar refractivity (Wildman–Crippen MR) is 32.7 cm³/mol. The van der Waals surface area contributed by atoms with E-state index in [1.807, 2.05) is 13.8 Å². The minimum absolute atomic E-state index is 0.00694. The third-order valence-electron chi connectivity index (χ3n) is 1.88. The molecule has 3 nitrogen and oxygen atoms in total. The number of carbonyl (C=O) groups is 1. The van der Waals surface area contributed by atoms with Crippen LogP contribution in [0.25, 0.3) is 0 Å². The summed E-state index contributed by atoms with van der Waals surface area (Å²) < 4.78 is 4.82. The lowest BCUT2D eigenvalue weighted by molar-refractivity contribution is -0.141. The van der Waals surface area contributed by atoms with Crippen LogP contribution in [-0.2, 0) is 9.53 Å². The maximum absolute atomic E-state index is 10.6. The zero-order valence-corrected chi connectivity index (χ0v) is 5.63. The van der Waals surface area contributed by atoms with E-state index in [4.69, 9.17) is 10.5 Å². The molecule has 0 aromatic rings. The van der Waals surface area contributed by atoms with Crippen molar-refractivity contribution in [1.29, 1.82) is 0 Å². The third-order valence-corrected chi connectivity index (χ3v) is 1.88. The Morgan fingerprint density at radius 1 is 1.56 bits per heavy atom. The molecule has 3 heteroatoms. The number of cyclic esters (lactones) is 1. The molecular formula is C6H11NO2. The van der Waals surface area contributed by atoms with Crippen molar-refractivity contribution < 1.29 is 9.53 Å². The van der Waals surface area contributed by atoms with Gasteiger partial charge in [-0.05, 0) is 6.92 Å².